The van der Waals surface area contributed by atoms with Crippen molar-refractivity contribution in [3.8, 4) is 22.8 Å². The molecule has 0 bridgehead atoms. The van der Waals surface area contributed by atoms with Crippen LogP contribution in [0.25, 0.3) is 22.8 Å². The summed E-state index contributed by atoms with van der Waals surface area (Å²) in [5.41, 5.74) is 3.06. The Kier molecular flexibility index (Phi) is 4.06. The molecule has 0 N–H and O–H groups in total. The summed E-state index contributed by atoms with van der Waals surface area (Å²) in [5.74, 6) is 0.389. The van der Waals surface area contributed by atoms with Crippen LogP contribution in [0.3, 0.4) is 0 Å². The van der Waals surface area contributed by atoms with Crippen LogP contribution in [0.2, 0.25) is 0 Å². The largest absolute Gasteiger partial charge is 0.436 e. The van der Waals surface area contributed by atoms with E-state index in [0.717, 1.165) is 11.1 Å². The molecular formula is C24H16N2O3. The second-order valence-corrected chi connectivity index (χ2v) is 6.77. The van der Waals surface area contributed by atoms with Crippen molar-refractivity contribution in [1.29, 1.82) is 0 Å². The van der Waals surface area contributed by atoms with Crippen LogP contribution in [0.4, 0.5) is 0 Å². The molecule has 5 nitrogen and oxygen atoms in total. The van der Waals surface area contributed by atoms with E-state index in [1.807, 2.05) is 60.7 Å². The van der Waals surface area contributed by atoms with Crippen LogP contribution in [0.15, 0.2) is 89.3 Å². The highest BCUT2D eigenvalue weighted by Gasteiger charge is 2.36. The van der Waals surface area contributed by atoms with Crippen molar-refractivity contribution in [2.75, 3.05) is 0 Å². The van der Waals surface area contributed by atoms with Gasteiger partial charge in [-0.25, -0.2) is 4.98 Å². The lowest BCUT2D eigenvalue weighted by Gasteiger charge is -2.12. The molecular weight excluding hydrogens is 364 g/mol. The molecule has 29 heavy (non-hydrogen) atoms. The average Bonchev–Trinajstić information content (AvgIpc) is 3.31. The van der Waals surface area contributed by atoms with Crippen LogP contribution in [0.1, 0.15) is 26.4 Å². The van der Waals surface area contributed by atoms with E-state index < -0.39 is 0 Å². The summed E-state index contributed by atoms with van der Waals surface area (Å²) in [6.07, 6.45) is 0. The Morgan fingerprint density at radius 3 is 1.79 bits per heavy atom. The molecule has 0 aliphatic carbocycles. The fourth-order valence-corrected chi connectivity index (χ4v) is 3.51. The second-order valence-electron chi connectivity index (χ2n) is 6.77. The van der Waals surface area contributed by atoms with E-state index >= 15 is 0 Å². The Hall–Kier alpha value is -3.99. The molecule has 140 valence electrons. The van der Waals surface area contributed by atoms with Crippen molar-refractivity contribution in [2.45, 2.75) is 6.54 Å². The van der Waals surface area contributed by atoms with Crippen molar-refractivity contribution >= 4 is 11.8 Å². The lowest BCUT2D eigenvalue weighted by atomic mass is 10.1. The Morgan fingerprint density at radius 2 is 1.21 bits per heavy atom. The smallest absolute Gasteiger partial charge is 0.261 e. The van der Waals surface area contributed by atoms with Gasteiger partial charge in [0.1, 0.15) is 5.69 Å². The number of nitrogens with zero attached hydrogens (tertiary/aromatic N) is 2. The standard InChI is InChI=1S/C24H16N2O3/c27-23-18-13-7-8-14-19(18)24(28)26(23)15-20-21(16-9-3-1-4-10-16)29-22(25-20)17-11-5-2-6-12-17/h1-14H,15H2. The van der Waals surface area contributed by atoms with E-state index in [4.69, 9.17) is 4.42 Å². The third-order valence-electron chi connectivity index (χ3n) is 4.94. The number of oxazole rings is 1. The molecule has 0 unspecified atom stereocenters. The fourth-order valence-electron chi connectivity index (χ4n) is 3.51. The van der Waals surface area contributed by atoms with Gasteiger partial charge in [-0.05, 0) is 24.3 Å². The molecule has 3 aromatic carbocycles. The Bertz CT molecular complexity index is 1180. The van der Waals surface area contributed by atoms with E-state index in [0.29, 0.717) is 28.5 Å². The first kappa shape index (κ1) is 17.1. The van der Waals surface area contributed by atoms with Gasteiger partial charge in [0.2, 0.25) is 5.89 Å². The molecule has 2 heterocycles. The van der Waals surface area contributed by atoms with Crippen LogP contribution in [-0.2, 0) is 6.54 Å². The number of benzene rings is 3. The maximum Gasteiger partial charge on any atom is 0.261 e. The highest BCUT2D eigenvalue weighted by Crippen LogP contribution is 2.32. The third-order valence-corrected chi connectivity index (χ3v) is 4.94. The summed E-state index contributed by atoms with van der Waals surface area (Å²) < 4.78 is 6.08. The van der Waals surface area contributed by atoms with Crippen LogP contribution in [-0.4, -0.2) is 21.7 Å². The highest BCUT2D eigenvalue weighted by atomic mass is 16.4. The molecule has 0 radical (unpaired) electrons. The SMILES string of the molecule is O=C1c2ccccc2C(=O)N1Cc1nc(-c2ccccc2)oc1-c1ccccc1. The Labute approximate surface area is 167 Å². The first-order chi connectivity index (χ1) is 14.2. The van der Waals surface area contributed by atoms with E-state index in [9.17, 15) is 9.59 Å². The summed E-state index contributed by atoms with van der Waals surface area (Å²) in [4.78, 5) is 31.4. The molecule has 1 aromatic heterocycles. The van der Waals surface area contributed by atoms with Crippen LogP contribution in [0.5, 0.6) is 0 Å². The quantitative estimate of drug-likeness (QED) is 0.477. The number of carbonyl (C=O) groups is 2. The third kappa shape index (κ3) is 2.93. The zero-order chi connectivity index (χ0) is 19.8. The van der Waals surface area contributed by atoms with Crippen molar-refractivity contribution < 1.29 is 14.0 Å². The van der Waals surface area contributed by atoms with Gasteiger partial charge in [-0.2, -0.15) is 0 Å². The van der Waals surface area contributed by atoms with Gasteiger partial charge >= 0.3 is 0 Å². The number of carbonyl (C=O) groups excluding carboxylic acids is 2. The minimum absolute atomic E-state index is 0.0485. The monoisotopic (exact) mass is 380 g/mol. The van der Waals surface area contributed by atoms with Crippen LogP contribution in [0, 0.1) is 0 Å². The molecule has 5 rings (SSSR count). The van der Waals surface area contributed by atoms with Gasteiger partial charge in [0.05, 0.1) is 17.7 Å². The fraction of sp³-hybridized carbons (Fsp3) is 0.0417. The van der Waals surface area contributed by atoms with Crippen molar-refractivity contribution in [2.24, 2.45) is 0 Å². The van der Waals surface area contributed by atoms with E-state index in [1.54, 1.807) is 24.3 Å². The molecule has 1 aliphatic heterocycles. The number of fused-ring (bicyclic) bond motifs is 1. The van der Waals surface area contributed by atoms with E-state index in [2.05, 4.69) is 4.98 Å². The van der Waals surface area contributed by atoms with E-state index in [-0.39, 0.29) is 18.4 Å². The van der Waals surface area contributed by atoms with Crippen molar-refractivity contribution in [3.63, 3.8) is 0 Å². The number of hydrogen-bond acceptors (Lipinski definition) is 4. The lowest BCUT2D eigenvalue weighted by molar-refractivity contribution is 0.0641. The molecule has 5 heteroatoms. The van der Waals surface area contributed by atoms with Gasteiger partial charge in [0.15, 0.2) is 5.76 Å². The molecule has 0 atom stereocenters. The Morgan fingerprint density at radius 1 is 0.690 bits per heavy atom. The zero-order valence-corrected chi connectivity index (χ0v) is 15.4. The van der Waals surface area contributed by atoms with E-state index in [1.165, 1.54) is 4.90 Å². The summed E-state index contributed by atoms with van der Waals surface area (Å²) in [7, 11) is 0. The molecule has 0 saturated heterocycles. The summed E-state index contributed by atoms with van der Waals surface area (Å²) in [6.45, 7) is 0.0485. The number of amides is 2. The summed E-state index contributed by atoms with van der Waals surface area (Å²) in [5, 5.41) is 0. The number of hydrogen-bond donors (Lipinski definition) is 0. The second kappa shape index (κ2) is 6.87. The normalized spacial score (nSPS) is 13.0. The predicted octanol–water partition coefficient (Wildman–Crippen LogP) is 4.80. The van der Waals surface area contributed by atoms with Crippen LogP contribution < -0.4 is 0 Å². The molecule has 0 saturated carbocycles. The molecule has 1 aliphatic rings. The van der Waals surface area contributed by atoms with Crippen molar-refractivity contribution in [3.05, 3.63) is 102 Å². The first-order valence-electron chi connectivity index (χ1n) is 9.28. The molecule has 0 spiro atoms. The Balaban J connectivity index is 1.57. The van der Waals surface area contributed by atoms with Gasteiger partial charge < -0.3 is 4.42 Å². The summed E-state index contributed by atoms with van der Waals surface area (Å²) in [6, 6.07) is 26.0. The first-order valence-corrected chi connectivity index (χ1v) is 9.28. The van der Waals surface area contributed by atoms with Gasteiger partial charge in [0.25, 0.3) is 11.8 Å². The van der Waals surface area contributed by atoms with Crippen molar-refractivity contribution in [1.82, 2.24) is 9.88 Å². The van der Waals surface area contributed by atoms with Gasteiger partial charge in [-0.1, -0.05) is 60.7 Å². The minimum atomic E-state index is -0.311. The maximum absolute atomic E-state index is 12.8. The number of rotatable bonds is 4. The van der Waals surface area contributed by atoms with Gasteiger partial charge in [0, 0.05) is 11.1 Å². The molecule has 0 fully saturated rings. The minimum Gasteiger partial charge on any atom is -0.436 e. The van der Waals surface area contributed by atoms with Gasteiger partial charge in [-0.15, -0.1) is 0 Å². The topological polar surface area (TPSA) is 63.4 Å². The molecule has 2 amide bonds. The number of aromatic nitrogens is 1. The zero-order valence-electron chi connectivity index (χ0n) is 15.4. The summed E-state index contributed by atoms with van der Waals surface area (Å²) >= 11 is 0. The lowest BCUT2D eigenvalue weighted by Crippen LogP contribution is -2.29. The maximum atomic E-state index is 12.8. The highest BCUT2D eigenvalue weighted by molar-refractivity contribution is 6.21. The van der Waals surface area contributed by atoms with Crippen LogP contribution >= 0.6 is 0 Å². The number of imide groups is 1. The molecule has 4 aromatic rings. The average molecular weight is 380 g/mol. The van der Waals surface area contributed by atoms with Gasteiger partial charge in [-0.3, -0.25) is 14.5 Å². The predicted molar refractivity (Wildman–Crippen MR) is 108 cm³/mol.